The van der Waals surface area contributed by atoms with E-state index in [9.17, 15) is 0 Å². The van der Waals surface area contributed by atoms with Gasteiger partial charge >= 0.3 is 0 Å². The number of fused-ring (bicyclic) bond motifs is 1. The summed E-state index contributed by atoms with van der Waals surface area (Å²) in [4.78, 5) is 17.0. The van der Waals surface area contributed by atoms with Gasteiger partial charge in [-0.25, -0.2) is 15.0 Å². The quantitative estimate of drug-likeness (QED) is 0.934. The van der Waals surface area contributed by atoms with Crippen LogP contribution in [0.25, 0.3) is 0 Å². The molecule has 0 saturated heterocycles. The highest BCUT2D eigenvalue weighted by atomic mass is 32.1. The van der Waals surface area contributed by atoms with Gasteiger partial charge in [0.05, 0.1) is 0 Å². The van der Waals surface area contributed by atoms with Crippen LogP contribution >= 0.6 is 11.3 Å². The van der Waals surface area contributed by atoms with Crippen molar-refractivity contribution in [2.75, 3.05) is 12.3 Å². The number of nitrogens with zero attached hydrogens (tertiary/aromatic N) is 4. The Morgan fingerprint density at radius 3 is 2.95 bits per heavy atom. The van der Waals surface area contributed by atoms with E-state index in [2.05, 4.69) is 14.9 Å². The third-order valence-corrected chi connectivity index (χ3v) is 4.74. The van der Waals surface area contributed by atoms with E-state index >= 15 is 0 Å². The third-order valence-electron chi connectivity index (χ3n) is 3.93. The summed E-state index contributed by atoms with van der Waals surface area (Å²) in [7, 11) is 0. The van der Waals surface area contributed by atoms with E-state index in [0.717, 1.165) is 31.9 Å². The molecule has 2 aromatic heterocycles. The summed E-state index contributed by atoms with van der Waals surface area (Å²) < 4.78 is 0. The normalized spacial score (nSPS) is 19.0. The Labute approximate surface area is 121 Å². The number of thiazole rings is 1. The standard InChI is InChI=1S/C14H17N5S/c15-14-17-6-11(20-14)8-19-4-3-12-10(7-19)5-16-13(18-12)9-1-2-9/h5-6,9H,1-4,7-8H2,(H2,15,17). The Balaban J connectivity index is 1.48. The fourth-order valence-corrected chi connectivity index (χ4v) is 3.41. The summed E-state index contributed by atoms with van der Waals surface area (Å²) in [5.41, 5.74) is 8.21. The summed E-state index contributed by atoms with van der Waals surface area (Å²) >= 11 is 1.57. The minimum absolute atomic E-state index is 0.637. The molecule has 1 fully saturated rings. The number of rotatable bonds is 3. The minimum atomic E-state index is 0.637. The van der Waals surface area contributed by atoms with Gasteiger partial charge in [0, 0.05) is 60.5 Å². The average Bonchev–Trinajstić information content (AvgIpc) is 3.22. The van der Waals surface area contributed by atoms with Gasteiger partial charge in [-0.2, -0.15) is 0 Å². The lowest BCUT2D eigenvalue weighted by Crippen LogP contribution is -2.30. The lowest BCUT2D eigenvalue weighted by Gasteiger charge is -2.27. The Morgan fingerprint density at radius 2 is 2.20 bits per heavy atom. The summed E-state index contributed by atoms with van der Waals surface area (Å²) in [6.45, 7) is 2.89. The van der Waals surface area contributed by atoms with Crippen molar-refractivity contribution < 1.29 is 0 Å². The average molecular weight is 287 g/mol. The molecule has 5 nitrogen and oxygen atoms in total. The fraction of sp³-hybridized carbons (Fsp3) is 0.500. The summed E-state index contributed by atoms with van der Waals surface area (Å²) in [5.74, 6) is 1.70. The maximum atomic E-state index is 5.68. The van der Waals surface area contributed by atoms with Crippen LogP contribution in [0.2, 0.25) is 0 Å². The molecule has 0 amide bonds. The van der Waals surface area contributed by atoms with Crippen LogP contribution < -0.4 is 5.73 Å². The number of aromatic nitrogens is 3. The number of nitrogens with two attached hydrogens (primary N) is 1. The maximum Gasteiger partial charge on any atom is 0.180 e. The molecular formula is C14H17N5S. The van der Waals surface area contributed by atoms with Crippen LogP contribution in [0.15, 0.2) is 12.4 Å². The second kappa shape index (κ2) is 4.79. The minimum Gasteiger partial charge on any atom is -0.375 e. The Kier molecular flexibility index (Phi) is 2.93. The van der Waals surface area contributed by atoms with Gasteiger partial charge < -0.3 is 5.73 Å². The van der Waals surface area contributed by atoms with Crippen molar-refractivity contribution in [3.8, 4) is 0 Å². The van der Waals surface area contributed by atoms with Crippen molar-refractivity contribution >= 4 is 16.5 Å². The molecule has 0 radical (unpaired) electrons. The van der Waals surface area contributed by atoms with Crippen LogP contribution in [0.3, 0.4) is 0 Å². The number of hydrogen-bond acceptors (Lipinski definition) is 6. The predicted molar refractivity (Wildman–Crippen MR) is 78.4 cm³/mol. The highest BCUT2D eigenvalue weighted by Gasteiger charge is 2.28. The van der Waals surface area contributed by atoms with E-state index in [-0.39, 0.29) is 0 Å². The monoisotopic (exact) mass is 287 g/mol. The molecule has 6 heteroatoms. The molecule has 2 N–H and O–H groups in total. The SMILES string of the molecule is Nc1ncc(CN2CCc3nc(C4CC4)ncc3C2)s1. The Morgan fingerprint density at radius 1 is 1.30 bits per heavy atom. The molecule has 1 aliphatic carbocycles. The van der Waals surface area contributed by atoms with Crippen molar-refractivity contribution in [1.82, 2.24) is 19.9 Å². The van der Waals surface area contributed by atoms with Gasteiger partial charge in [-0.3, -0.25) is 4.90 Å². The smallest absolute Gasteiger partial charge is 0.180 e. The topological polar surface area (TPSA) is 67.9 Å². The van der Waals surface area contributed by atoms with Crippen LogP contribution in [0, 0.1) is 0 Å². The van der Waals surface area contributed by atoms with E-state index in [1.807, 2.05) is 12.4 Å². The molecule has 1 aliphatic heterocycles. The van der Waals surface area contributed by atoms with Gasteiger partial charge in [-0.05, 0) is 12.8 Å². The number of nitrogen functional groups attached to an aromatic ring is 1. The fourth-order valence-electron chi connectivity index (χ4n) is 2.68. The zero-order valence-electron chi connectivity index (χ0n) is 11.2. The van der Waals surface area contributed by atoms with Crippen LogP contribution in [0.4, 0.5) is 5.13 Å². The van der Waals surface area contributed by atoms with Gasteiger partial charge in [0.2, 0.25) is 0 Å². The lowest BCUT2D eigenvalue weighted by molar-refractivity contribution is 0.244. The van der Waals surface area contributed by atoms with Gasteiger partial charge in [0.15, 0.2) is 5.13 Å². The predicted octanol–water partition coefficient (Wildman–Crippen LogP) is 1.95. The molecule has 3 heterocycles. The zero-order valence-corrected chi connectivity index (χ0v) is 12.1. The van der Waals surface area contributed by atoms with Crippen molar-refractivity contribution in [3.05, 3.63) is 34.4 Å². The van der Waals surface area contributed by atoms with Crippen LogP contribution in [0.5, 0.6) is 0 Å². The van der Waals surface area contributed by atoms with E-state index in [1.165, 1.54) is 29.0 Å². The molecule has 1 saturated carbocycles. The van der Waals surface area contributed by atoms with Crippen molar-refractivity contribution in [2.24, 2.45) is 0 Å². The number of hydrogen-bond donors (Lipinski definition) is 1. The highest BCUT2D eigenvalue weighted by molar-refractivity contribution is 7.15. The second-order valence-corrected chi connectivity index (χ2v) is 6.75. The molecule has 2 aromatic rings. The molecule has 104 valence electrons. The van der Waals surface area contributed by atoms with Crippen molar-refractivity contribution in [1.29, 1.82) is 0 Å². The number of anilines is 1. The summed E-state index contributed by atoms with van der Waals surface area (Å²) in [6.07, 6.45) is 7.45. The molecule has 20 heavy (non-hydrogen) atoms. The molecule has 0 unspecified atom stereocenters. The molecule has 0 atom stereocenters. The first-order valence-corrected chi connectivity index (χ1v) is 7.87. The zero-order chi connectivity index (χ0) is 13.5. The van der Waals surface area contributed by atoms with Gasteiger partial charge in [-0.15, -0.1) is 11.3 Å². The Hall–Kier alpha value is -1.53. The largest absolute Gasteiger partial charge is 0.375 e. The summed E-state index contributed by atoms with van der Waals surface area (Å²) in [5, 5.41) is 0.648. The molecule has 4 rings (SSSR count). The molecule has 0 bridgehead atoms. The lowest BCUT2D eigenvalue weighted by atomic mass is 10.1. The molecular weight excluding hydrogens is 270 g/mol. The first-order chi connectivity index (χ1) is 9.78. The van der Waals surface area contributed by atoms with Crippen LogP contribution in [0.1, 0.15) is 40.7 Å². The van der Waals surface area contributed by atoms with Crippen LogP contribution in [-0.2, 0) is 19.5 Å². The van der Waals surface area contributed by atoms with E-state index in [0.29, 0.717) is 11.0 Å². The first-order valence-electron chi connectivity index (χ1n) is 7.05. The molecule has 0 aromatic carbocycles. The van der Waals surface area contributed by atoms with Gasteiger partial charge in [-0.1, -0.05) is 0 Å². The van der Waals surface area contributed by atoms with E-state index < -0.39 is 0 Å². The Bertz CT molecular complexity index is 634. The van der Waals surface area contributed by atoms with Crippen molar-refractivity contribution in [3.63, 3.8) is 0 Å². The summed E-state index contributed by atoms with van der Waals surface area (Å²) in [6, 6.07) is 0. The van der Waals surface area contributed by atoms with Gasteiger partial charge in [0.25, 0.3) is 0 Å². The van der Waals surface area contributed by atoms with Crippen molar-refractivity contribution in [2.45, 2.75) is 38.3 Å². The second-order valence-electron chi connectivity index (χ2n) is 5.60. The van der Waals surface area contributed by atoms with E-state index in [1.54, 1.807) is 11.3 Å². The van der Waals surface area contributed by atoms with E-state index in [4.69, 9.17) is 10.7 Å². The maximum absolute atomic E-state index is 5.68. The van der Waals surface area contributed by atoms with Gasteiger partial charge in [0.1, 0.15) is 5.82 Å². The molecule has 2 aliphatic rings. The highest BCUT2D eigenvalue weighted by Crippen LogP contribution is 2.38. The first kappa shape index (κ1) is 12.2. The molecule has 0 spiro atoms. The van der Waals surface area contributed by atoms with Crippen LogP contribution in [-0.4, -0.2) is 26.4 Å². The third kappa shape index (κ3) is 2.41.